The molecule has 0 aromatic rings. The first-order chi connectivity index (χ1) is 16.1. The van der Waals surface area contributed by atoms with Crippen LogP contribution in [0.5, 0.6) is 0 Å². The second-order valence-corrected chi connectivity index (χ2v) is 10.5. The molecule has 2 fully saturated rings. The third kappa shape index (κ3) is 8.87. The third-order valence-electron chi connectivity index (χ3n) is 5.43. The minimum absolute atomic E-state index is 0.00829. The SMILES string of the molecule is COC(=O)[C@@H]1CCC(OC)N1C(=O)OC(C)(C)C.COC(=O)[C@@H]1CC[C@@H](C)N1C(=O)OC(C)(C)C. The molecule has 0 N–H and O–H groups in total. The van der Waals surface area contributed by atoms with E-state index in [1.165, 1.54) is 31.1 Å². The Hall–Kier alpha value is -2.56. The molecule has 202 valence electrons. The van der Waals surface area contributed by atoms with Gasteiger partial charge in [-0.2, -0.15) is 0 Å². The van der Waals surface area contributed by atoms with E-state index >= 15 is 0 Å². The van der Waals surface area contributed by atoms with Crippen LogP contribution < -0.4 is 0 Å². The van der Waals surface area contributed by atoms with Gasteiger partial charge in [0.2, 0.25) is 0 Å². The Labute approximate surface area is 208 Å². The molecule has 4 atom stereocenters. The highest BCUT2D eigenvalue weighted by molar-refractivity contribution is 5.83. The maximum absolute atomic E-state index is 12.1. The molecule has 0 spiro atoms. The molecule has 2 heterocycles. The lowest BCUT2D eigenvalue weighted by Crippen LogP contribution is -2.48. The van der Waals surface area contributed by atoms with Gasteiger partial charge in [-0.15, -0.1) is 0 Å². The van der Waals surface area contributed by atoms with Gasteiger partial charge in [-0.3, -0.25) is 9.80 Å². The van der Waals surface area contributed by atoms with Crippen LogP contribution in [0.3, 0.4) is 0 Å². The molecule has 2 amide bonds. The largest absolute Gasteiger partial charge is 0.467 e. The summed E-state index contributed by atoms with van der Waals surface area (Å²) in [5.74, 6) is -0.819. The topological polar surface area (TPSA) is 121 Å². The van der Waals surface area contributed by atoms with Crippen LogP contribution in [0.4, 0.5) is 9.59 Å². The van der Waals surface area contributed by atoms with Crippen molar-refractivity contribution in [2.75, 3.05) is 21.3 Å². The highest BCUT2D eigenvalue weighted by atomic mass is 16.6. The summed E-state index contributed by atoms with van der Waals surface area (Å²) in [6.45, 7) is 12.6. The average molecular weight is 503 g/mol. The van der Waals surface area contributed by atoms with Crippen molar-refractivity contribution in [3.05, 3.63) is 0 Å². The van der Waals surface area contributed by atoms with Crippen LogP contribution in [-0.4, -0.2) is 90.8 Å². The first kappa shape index (κ1) is 30.5. The van der Waals surface area contributed by atoms with Crippen LogP contribution in [0.2, 0.25) is 0 Å². The summed E-state index contributed by atoms with van der Waals surface area (Å²) in [5, 5.41) is 0. The Bertz CT molecular complexity index is 757. The van der Waals surface area contributed by atoms with E-state index in [1.54, 1.807) is 41.5 Å². The zero-order valence-corrected chi connectivity index (χ0v) is 22.7. The molecule has 0 bridgehead atoms. The minimum atomic E-state index is -0.630. The molecule has 2 saturated heterocycles. The molecule has 0 aromatic heterocycles. The number of methoxy groups -OCH3 is 3. The minimum Gasteiger partial charge on any atom is -0.467 e. The summed E-state index contributed by atoms with van der Waals surface area (Å²) in [6.07, 6.45) is 1.09. The van der Waals surface area contributed by atoms with E-state index in [-0.39, 0.29) is 12.0 Å². The first-order valence-electron chi connectivity index (χ1n) is 11.8. The van der Waals surface area contributed by atoms with Crippen molar-refractivity contribution in [2.24, 2.45) is 0 Å². The van der Waals surface area contributed by atoms with Gasteiger partial charge in [0.15, 0.2) is 0 Å². The number of carbonyl (C=O) groups is 4. The van der Waals surface area contributed by atoms with Crippen LogP contribution in [0.15, 0.2) is 0 Å². The summed E-state index contributed by atoms with van der Waals surface area (Å²) >= 11 is 0. The smallest absolute Gasteiger partial charge is 0.413 e. The quantitative estimate of drug-likeness (QED) is 0.422. The van der Waals surface area contributed by atoms with Crippen LogP contribution in [0.25, 0.3) is 0 Å². The van der Waals surface area contributed by atoms with Crippen LogP contribution >= 0.6 is 0 Å². The van der Waals surface area contributed by atoms with Gasteiger partial charge in [-0.05, 0) is 74.1 Å². The second kappa shape index (κ2) is 12.4. The lowest BCUT2D eigenvalue weighted by atomic mass is 10.2. The molecular weight excluding hydrogens is 460 g/mol. The number of nitrogens with zero attached hydrogens (tertiary/aromatic N) is 2. The van der Waals surface area contributed by atoms with Gasteiger partial charge in [0.25, 0.3) is 0 Å². The van der Waals surface area contributed by atoms with Gasteiger partial charge in [0.1, 0.15) is 29.5 Å². The molecule has 2 aliphatic heterocycles. The fourth-order valence-electron chi connectivity index (χ4n) is 3.91. The van der Waals surface area contributed by atoms with Gasteiger partial charge < -0.3 is 23.7 Å². The lowest BCUT2D eigenvalue weighted by Gasteiger charge is -2.30. The first-order valence-corrected chi connectivity index (χ1v) is 11.8. The number of likely N-dealkylation sites (tertiary alicyclic amines) is 2. The Morgan fingerprint density at radius 3 is 1.46 bits per heavy atom. The number of hydrogen-bond acceptors (Lipinski definition) is 9. The van der Waals surface area contributed by atoms with Crippen LogP contribution in [-0.2, 0) is 33.3 Å². The number of hydrogen-bond donors (Lipinski definition) is 0. The number of ether oxygens (including phenoxy) is 5. The molecule has 0 aromatic carbocycles. The average Bonchev–Trinajstić information content (AvgIpc) is 3.34. The molecule has 0 saturated carbocycles. The summed E-state index contributed by atoms with van der Waals surface area (Å²) in [5.41, 5.74) is -1.17. The molecule has 2 aliphatic rings. The van der Waals surface area contributed by atoms with E-state index < -0.39 is 47.7 Å². The fourth-order valence-corrected chi connectivity index (χ4v) is 3.91. The fraction of sp³-hybridized carbons (Fsp3) is 0.833. The van der Waals surface area contributed by atoms with E-state index in [9.17, 15) is 19.2 Å². The van der Waals surface area contributed by atoms with E-state index in [2.05, 4.69) is 0 Å². The Morgan fingerprint density at radius 1 is 0.657 bits per heavy atom. The zero-order valence-electron chi connectivity index (χ0n) is 22.7. The molecule has 2 rings (SSSR count). The van der Waals surface area contributed by atoms with E-state index in [0.29, 0.717) is 19.3 Å². The third-order valence-corrected chi connectivity index (χ3v) is 5.43. The summed E-state index contributed by atoms with van der Waals surface area (Å²) in [4.78, 5) is 50.1. The van der Waals surface area contributed by atoms with Crippen molar-refractivity contribution in [1.29, 1.82) is 0 Å². The highest BCUT2D eigenvalue weighted by Crippen LogP contribution is 2.28. The second-order valence-electron chi connectivity index (χ2n) is 10.5. The molecule has 0 radical (unpaired) electrons. The molecule has 35 heavy (non-hydrogen) atoms. The van der Waals surface area contributed by atoms with Gasteiger partial charge in [-0.25, -0.2) is 19.2 Å². The van der Waals surface area contributed by atoms with Crippen LogP contribution in [0.1, 0.15) is 74.1 Å². The van der Waals surface area contributed by atoms with Gasteiger partial charge in [0.05, 0.1) is 14.2 Å². The summed E-state index contributed by atoms with van der Waals surface area (Å²) < 4.78 is 25.2. The van der Waals surface area contributed by atoms with Gasteiger partial charge >= 0.3 is 24.1 Å². The summed E-state index contributed by atoms with van der Waals surface area (Å²) in [6, 6.07) is -1.13. The van der Waals surface area contributed by atoms with E-state index in [4.69, 9.17) is 23.7 Å². The maximum Gasteiger partial charge on any atom is 0.413 e. The van der Waals surface area contributed by atoms with Crippen molar-refractivity contribution < 1.29 is 42.9 Å². The zero-order chi connectivity index (χ0) is 27.1. The monoisotopic (exact) mass is 502 g/mol. The Kier molecular flexibility index (Phi) is 10.8. The van der Waals surface area contributed by atoms with E-state index in [0.717, 1.165) is 6.42 Å². The Morgan fingerprint density at radius 2 is 1.06 bits per heavy atom. The molecule has 0 aliphatic carbocycles. The van der Waals surface area contributed by atoms with Crippen LogP contribution in [0, 0.1) is 0 Å². The molecule has 1 unspecified atom stereocenters. The predicted molar refractivity (Wildman–Crippen MR) is 126 cm³/mol. The van der Waals surface area contributed by atoms with Crippen molar-refractivity contribution in [1.82, 2.24) is 9.80 Å². The molecule has 11 nitrogen and oxygen atoms in total. The molecule has 11 heteroatoms. The number of esters is 2. The standard InChI is InChI=1S/C12H21NO5.C12H21NO4/c1-12(2,3)18-11(15)13-8(10(14)17-5)6-7-9(13)16-4;1-8-6-7-9(10(14)16-5)13(8)11(15)17-12(2,3)4/h8-9H,6-7H2,1-5H3;8-9H,6-7H2,1-5H3/t8-,9?;8-,9+/m01/s1. The maximum atomic E-state index is 12.1. The van der Waals surface area contributed by atoms with Crippen molar-refractivity contribution in [2.45, 2.75) is 110 Å². The van der Waals surface area contributed by atoms with Crippen molar-refractivity contribution in [3.8, 4) is 0 Å². The van der Waals surface area contributed by atoms with Gasteiger partial charge in [-0.1, -0.05) is 0 Å². The molecular formula is C24H42N2O9. The highest BCUT2D eigenvalue weighted by Gasteiger charge is 2.44. The predicted octanol–water partition coefficient (Wildman–Crippen LogP) is 3.48. The number of amides is 2. The summed E-state index contributed by atoms with van der Waals surface area (Å²) in [7, 11) is 4.13. The van der Waals surface area contributed by atoms with Crippen molar-refractivity contribution in [3.63, 3.8) is 0 Å². The van der Waals surface area contributed by atoms with Gasteiger partial charge in [0, 0.05) is 13.2 Å². The van der Waals surface area contributed by atoms with Crippen molar-refractivity contribution >= 4 is 24.1 Å². The Balaban J connectivity index is 0.000000351. The lowest BCUT2D eigenvalue weighted by molar-refractivity contribution is -0.148. The normalized spacial score (nSPS) is 24.3. The number of rotatable bonds is 3. The van der Waals surface area contributed by atoms with E-state index in [1.807, 2.05) is 6.92 Å². The number of carbonyl (C=O) groups excluding carboxylic acids is 4.